The Kier molecular flexibility index (Phi) is 4.07. The molecule has 4 heteroatoms. The Morgan fingerprint density at radius 3 is 2.71 bits per heavy atom. The summed E-state index contributed by atoms with van der Waals surface area (Å²) in [5.74, 6) is 0.724. The molecule has 0 saturated carbocycles. The number of hydrogen-bond donors (Lipinski definition) is 1. The quantitative estimate of drug-likeness (QED) is 0.776. The van der Waals surface area contributed by atoms with Crippen LogP contribution in [0.5, 0.6) is 0 Å². The molecule has 0 aliphatic carbocycles. The van der Waals surface area contributed by atoms with Crippen LogP contribution in [-0.4, -0.2) is 22.0 Å². The molecule has 0 radical (unpaired) electrons. The summed E-state index contributed by atoms with van der Waals surface area (Å²) in [4.78, 5) is 0. The second-order valence-corrected chi connectivity index (χ2v) is 3.87. The first kappa shape index (κ1) is 11.2. The molecule has 1 N–H and O–H groups in total. The second kappa shape index (κ2) is 5.10. The zero-order chi connectivity index (χ0) is 10.6. The van der Waals surface area contributed by atoms with Crippen molar-refractivity contribution in [2.75, 3.05) is 7.05 Å². The summed E-state index contributed by atoms with van der Waals surface area (Å²) in [6.07, 6.45) is 4.18. The number of nitrogens with one attached hydrogen (secondary N) is 1. The minimum absolute atomic E-state index is 0.366. The van der Waals surface area contributed by atoms with Crippen molar-refractivity contribution >= 4 is 0 Å². The fraction of sp³-hybridized carbons (Fsp3) is 0.800. The molecule has 0 spiro atoms. The molecule has 4 nitrogen and oxygen atoms in total. The Labute approximate surface area is 85.7 Å². The molecule has 0 aliphatic heterocycles. The van der Waals surface area contributed by atoms with Gasteiger partial charge in [0.25, 0.3) is 0 Å². The van der Waals surface area contributed by atoms with E-state index in [4.69, 9.17) is 0 Å². The third-order valence-electron chi connectivity index (χ3n) is 2.79. The lowest BCUT2D eigenvalue weighted by molar-refractivity contribution is 0.405. The highest BCUT2D eigenvalue weighted by Crippen LogP contribution is 2.21. The van der Waals surface area contributed by atoms with Crippen LogP contribution in [-0.2, 0) is 7.05 Å². The molecular formula is C10H20N4. The first-order chi connectivity index (χ1) is 6.69. The average Bonchev–Trinajstić information content (AvgIpc) is 2.60. The predicted octanol–water partition coefficient (Wildman–Crippen LogP) is 1.51. The normalized spacial score (nSPS) is 15.4. The molecule has 0 bridgehead atoms. The lowest BCUT2D eigenvalue weighted by Gasteiger charge is -2.19. The van der Waals surface area contributed by atoms with Gasteiger partial charge in [-0.25, -0.2) is 0 Å². The zero-order valence-corrected chi connectivity index (χ0v) is 9.49. The molecule has 0 amide bonds. The fourth-order valence-electron chi connectivity index (χ4n) is 1.57. The van der Waals surface area contributed by atoms with Gasteiger partial charge in [0.15, 0.2) is 0 Å². The standard InChI is InChI=1S/C10H20N4/c1-5-8(2)6-9(11-3)10-7-12-13-14(10)4/h7-9,11H,5-6H2,1-4H3. The van der Waals surface area contributed by atoms with E-state index in [1.807, 2.05) is 25.0 Å². The highest BCUT2D eigenvalue weighted by molar-refractivity contribution is 5.01. The number of aryl methyl sites for hydroxylation is 1. The molecule has 2 atom stereocenters. The van der Waals surface area contributed by atoms with Gasteiger partial charge >= 0.3 is 0 Å². The van der Waals surface area contributed by atoms with E-state index in [0.717, 1.165) is 18.0 Å². The van der Waals surface area contributed by atoms with Crippen LogP contribution in [0.15, 0.2) is 6.20 Å². The minimum atomic E-state index is 0.366. The molecule has 1 aromatic heterocycles. The van der Waals surface area contributed by atoms with Crippen molar-refractivity contribution in [2.45, 2.75) is 32.7 Å². The number of hydrogen-bond acceptors (Lipinski definition) is 3. The van der Waals surface area contributed by atoms with E-state index in [1.165, 1.54) is 6.42 Å². The fourth-order valence-corrected chi connectivity index (χ4v) is 1.57. The summed E-state index contributed by atoms with van der Waals surface area (Å²) in [7, 11) is 3.92. The van der Waals surface area contributed by atoms with Gasteiger partial charge < -0.3 is 5.32 Å². The van der Waals surface area contributed by atoms with Crippen LogP contribution in [0.2, 0.25) is 0 Å². The van der Waals surface area contributed by atoms with Crippen LogP contribution < -0.4 is 5.32 Å². The Morgan fingerprint density at radius 2 is 2.29 bits per heavy atom. The Morgan fingerprint density at radius 1 is 1.57 bits per heavy atom. The predicted molar refractivity (Wildman–Crippen MR) is 56.9 cm³/mol. The number of aromatic nitrogens is 3. The van der Waals surface area contributed by atoms with Crippen LogP contribution in [0.4, 0.5) is 0 Å². The van der Waals surface area contributed by atoms with Crippen LogP contribution in [0.1, 0.15) is 38.4 Å². The van der Waals surface area contributed by atoms with Gasteiger partial charge in [-0.1, -0.05) is 25.5 Å². The Hall–Kier alpha value is -0.900. The molecule has 1 heterocycles. The summed E-state index contributed by atoms with van der Waals surface area (Å²) in [6.45, 7) is 4.49. The molecule has 1 aromatic rings. The summed E-state index contributed by atoms with van der Waals surface area (Å²) in [6, 6.07) is 0.366. The molecule has 0 aromatic carbocycles. The van der Waals surface area contributed by atoms with Crippen LogP contribution in [0, 0.1) is 5.92 Å². The van der Waals surface area contributed by atoms with Gasteiger partial charge in [-0.05, 0) is 19.4 Å². The minimum Gasteiger partial charge on any atom is -0.312 e. The summed E-state index contributed by atoms with van der Waals surface area (Å²) >= 11 is 0. The van der Waals surface area contributed by atoms with Gasteiger partial charge in [-0.2, -0.15) is 0 Å². The Balaban J connectivity index is 2.67. The van der Waals surface area contributed by atoms with E-state index in [2.05, 4.69) is 29.5 Å². The van der Waals surface area contributed by atoms with Gasteiger partial charge in [0.2, 0.25) is 0 Å². The van der Waals surface area contributed by atoms with Crippen LogP contribution >= 0.6 is 0 Å². The van der Waals surface area contributed by atoms with Gasteiger partial charge in [0.1, 0.15) is 0 Å². The third kappa shape index (κ3) is 2.54. The van der Waals surface area contributed by atoms with E-state index >= 15 is 0 Å². The molecule has 0 fully saturated rings. The monoisotopic (exact) mass is 196 g/mol. The molecule has 14 heavy (non-hydrogen) atoms. The first-order valence-corrected chi connectivity index (χ1v) is 5.20. The Bertz CT molecular complexity index is 269. The van der Waals surface area contributed by atoms with Crippen molar-refractivity contribution in [1.82, 2.24) is 20.3 Å². The van der Waals surface area contributed by atoms with E-state index in [9.17, 15) is 0 Å². The van der Waals surface area contributed by atoms with E-state index in [0.29, 0.717) is 6.04 Å². The van der Waals surface area contributed by atoms with Crippen LogP contribution in [0.3, 0.4) is 0 Å². The smallest absolute Gasteiger partial charge is 0.0753 e. The largest absolute Gasteiger partial charge is 0.312 e. The van der Waals surface area contributed by atoms with Gasteiger partial charge in [-0.3, -0.25) is 4.68 Å². The van der Waals surface area contributed by atoms with Crippen molar-refractivity contribution in [2.24, 2.45) is 13.0 Å². The highest BCUT2D eigenvalue weighted by atomic mass is 15.4. The molecule has 0 saturated heterocycles. The van der Waals surface area contributed by atoms with Crippen molar-refractivity contribution in [3.8, 4) is 0 Å². The summed E-state index contributed by atoms with van der Waals surface area (Å²) in [5.41, 5.74) is 1.16. The molecule has 80 valence electrons. The third-order valence-corrected chi connectivity index (χ3v) is 2.79. The average molecular weight is 196 g/mol. The van der Waals surface area contributed by atoms with E-state index in [1.54, 1.807) is 0 Å². The van der Waals surface area contributed by atoms with E-state index in [-0.39, 0.29) is 0 Å². The maximum atomic E-state index is 3.95. The van der Waals surface area contributed by atoms with Gasteiger partial charge in [-0.15, -0.1) is 5.10 Å². The molecular weight excluding hydrogens is 176 g/mol. The molecule has 0 aliphatic rings. The highest BCUT2D eigenvalue weighted by Gasteiger charge is 2.15. The van der Waals surface area contributed by atoms with Crippen molar-refractivity contribution in [3.05, 3.63) is 11.9 Å². The van der Waals surface area contributed by atoms with Gasteiger partial charge in [0.05, 0.1) is 17.9 Å². The molecule has 2 unspecified atom stereocenters. The van der Waals surface area contributed by atoms with Crippen molar-refractivity contribution in [1.29, 1.82) is 0 Å². The van der Waals surface area contributed by atoms with E-state index < -0.39 is 0 Å². The maximum absolute atomic E-state index is 3.95. The zero-order valence-electron chi connectivity index (χ0n) is 9.49. The number of rotatable bonds is 5. The second-order valence-electron chi connectivity index (χ2n) is 3.87. The van der Waals surface area contributed by atoms with Crippen LogP contribution in [0.25, 0.3) is 0 Å². The SMILES string of the molecule is CCC(C)CC(NC)c1cnnn1C. The summed E-state index contributed by atoms with van der Waals surface area (Å²) in [5, 5.41) is 11.2. The topological polar surface area (TPSA) is 42.7 Å². The lowest BCUT2D eigenvalue weighted by atomic mass is 9.98. The van der Waals surface area contributed by atoms with Gasteiger partial charge in [0, 0.05) is 7.05 Å². The lowest BCUT2D eigenvalue weighted by Crippen LogP contribution is -2.21. The number of nitrogens with zero attached hydrogens (tertiary/aromatic N) is 3. The van der Waals surface area contributed by atoms with Crippen molar-refractivity contribution < 1.29 is 0 Å². The summed E-state index contributed by atoms with van der Waals surface area (Å²) < 4.78 is 1.84. The first-order valence-electron chi connectivity index (χ1n) is 5.20. The molecule has 1 rings (SSSR count). The van der Waals surface area contributed by atoms with Crippen molar-refractivity contribution in [3.63, 3.8) is 0 Å². The maximum Gasteiger partial charge on any atom is 0.0753 e.